The lowest BCUT2D eigenvalue weighted by Crippen LogP contribution is -2.35. The van der Waals surface area contributed by atoms with Crippen molar-refractivity contribution in [1.29, 1.82) is 0 Å². The molecule has 144 valence electrons. The normalized spacial score (nSPS) is 15.4. The molecule has 0 fully saturated rings. The molecular formula is C21H27N3O3. The van der Waals surface area contributed by atoms with E-state index in [1.807, 2.05) is 13.8 Å². The zero-order valence-electron chi connectivity index (χ0n) is 16.0. The van der Waals surface area contributed by atoms with Crippen LogP contribution in [0.25, 0.3) is 10.9 Å². The molecule has 1 heterocycles. The largest absolute Gasteiger partial charge is 0.350 e. The zero-order valence-corrected chi connectivity index (χ0v) is 16.0. The summed E-state index contributed by atoms with van der Waals surface area (Å²) in [6, 6.07) is 4.89. The van der Waals surface area contributed by atoms with E-state index < -0.39 is 5.69 Å². The van der Waals surface area contributed by atoms with E-state index in [2.05, 4.69) is 16.4 Å². The molecule has 27 heavy (non-hydrogen) atoms. The molecule has 1 aromatic heterocycles. The highest BCUT2D eigenvalue weighted by atomic mass is 16.2. The molecule has 0 aliphatic heterocycles. The number of aromatic amines is 1. The fraction of sp³-hybridized carbons (Fsp3) is 0.476. The first-order valence-electron chi connectivity index (χ1n) is 9.75. The highest BCUT2D eigenvalue weighted by Gasteiger charge is 2.13. The standard InChI is InChI=1S/C21H27N3O3/c1-3-14(2)22-19(25)16-9-10-17-18(13-16)23-21(27)24(20(17)26)12-11-15-7-5-4-6-8-15/h7,9-10,13-14H,3-6,8,11-12H2,1-2H3,(H,22,25)(H,23,27)/t14-/m0/s1. The third-order valence-corrected chi connectivity index (χ3v) is 5.28. The van der Waals surface area contributed by atoms with Crippen molar-refractivity contribution in [3.63, 3.8) is 0 Å². The van der Waals surface area contributed by atoms with Crippen LogP contribution in [0, 0.1) is 0 Å². The number of carbonyl (C=O) groups is 1. The van der Waals surface area contributed by atoms with E-state index in [0.29, 0.717) is 23.0 Å². The fourth-order valence-corrected chi connectivity index (χ4v) is 3.40. The average Bonchev–Trinajstić information content (AvgIpc) is 2.68. The molecule has 2 aromatic rings. The number of nitrogens with zero attached hydrogens (tertiary/aromatic N) is 1. The lowest BCUT2D eigenvalue weighted by Gasteiger charge is -2.14. The van der Waals surface area contributed by atoms with Crippen molar-refractivity contribution in [2.24, 2.45) is 0 Å². The second-order valence-corrected chi connectivity index (χ2v) is 7.29. The third kappa shape index (κ3) is 4.38. The number of fused-ring (bicyclic) bond motifs is 1. The van der Waals surface area contributed by atoms with Gasteiger partial charge in [0.05, 0.1) is 10.9 Å². The van der Waals surface area contributed by atoms with Crippen molar-refractivity contribution >= 4 is 16.8 Å². The first kappa shape index (κ1) is 19.1. The summed E-state index contributed by atoms with van der Waals surface area (Å²) < 4.78 is 1.26. The Balaban J connectivity index is 1.87. The summed E-state index contributed by atoms with van der Waals surface area (Å²) in [5, 5.41) is 3.31. The zero-order chi connectivity index (χ0) is 19.4. The van der Waals surface area contributed by atoms with Gasteiger partial charge in [-0.3, -0.25) is 14.2 Å². The van der Waals surface area contributed by atoms with E-state index in [4.69, 9.17) is 0 Å². The maximum atomic E-state index is 12.8. The van der Waals surface area contributed by atoms with E-state index in [-0.39, 0.29) is 17.5 Å². The van der Waals surface area contributed by atoms with Crippen LogP contribution in [0.1, 0.15) is 62.7 Å². The summed E-state index contributed by atoms with van der Waals surface area (Å²) >= 11 is 0. The van der Waals surface area contributed by atoms with Crippen LogP contribution < -0.4 is 16.6 Å². The van der Waals surface area contributed by atoms with Crippen LogP contribution in [-0.2, 0) is 6.54 Å². The van der Waals surface area contributed by atoms with Crippen LogP contribution in [0.3, 0.4) is 0 Å². The molecule has 1 aromatic carbocycles. The Bertz CT molecular complexity index is 984. The highest BCUT2D eigenvalue weighted by molar-refractivity contribution is 5.97. The molecule has 6 nitrogen and oxygen atoms in total. The van der Waals surface area contributed by atoms with Crippen molar-refractivity contribution < 1.29 is 4.79 Å². The monoisotopic (exact) mass is 369 g/mol. The smallest absolute Gasteiger partial charge is 0.328 e. The summed E-state index contributed by atoms with van der Waals surface area (Å²) in [7, 11) is 0. The molecule has 1 atom stereocenters. The average molecular weight is 369 g/mol. The van der Waals surface area contributed by atoms with Crippen LogP contribution in [-0.4, -0.2) is 21.5 Å². The van der Waals surface area contributed by atoms with Crippen LogP contribution >= 0.6 is 0 Å². The summed E-state index contributed by atoms with van der Waals surface area (Å²) in [5.41, 5.74) is 1.42. The van der Waals surface area contributed by atoms with Gasteiger partial charge in [-0.1, -0.05) is 18.6 Å². The van der Waals surface area contributed by atoms with Gasteiger partial charge in [-0.2, -0.15) is 0 Å². The number of carbonyl (C=O) groups excluding carboxylic acids is 1. The summed E-state index contributed by atoms with van der Waals surface area (Å²) in [6.45, 7) is 4.31. The Morgan fingerprint density at radius 3 is 2.81 bits per heavy atom. The van der Waals surface area contributed by atoms with Gasteiger partial charge in [-0.25, -0.2) is 4.79 Å². The van der Waals surface area contributed by atoms with Crippen molar-refractivity contribution in [2.45, 2.75) is 65.0 Å². The predicted octanol–water partition coefficient (Wildman–Crippen LogP) is 3.11. The molecule has 0 saturated heterocycles. The molecule has 0 radical (unpaired) electrons. The summed E-state index contributed by atoms with van der Waals surface area (Å²) in [4.78, 5) is 40.2. The SMILES string of the molecule is CC[C@H](C)NC(=O)c1ccc2c(=O)n(CCC3=CCCCC3)c(=O)[nH]c2c1. The third-order valence-electron chi connectivity index (χ3n) is 5.28. The quantitative estimate of drug-likeness (QED) is 0.768. The van der Waals surface area contributed by atoms with Gasteiger partial charge in [0.2, 0.25) is 0 Å². The van der Waals surface area contributed by atoms with Gasteiger partial charge in [-0.05, 0) is 63.6 Å². The lowest BCUT2D eigenvalue weighted by molar-refractivity contribution is 0.0939. The molecule has 1 amide bonds. The highest BCUT2D eigenvalue weighted by Crippen LogP contribution is 2.20. The summed E-state index contributed by atoms with van der Waals surface area (Å²) in [5.74, 6) is -0.208. The lowest BCUT2D eigenvalue weighted by atomic mass is 9.97. The second-order valence-electron chi connectivity index (χ2n) is 7.29. The number of H-pyrrole nitrogens is 1. The molecule has 0 unspecified atom stereocenters. The van der Waals surface area contributed by atoms with Crippen molar-refractivity contribution in [3.05, 3.63) is 56.2 Å². The topological polar surface area (TPSA) is 84.0 Å². The van der Waals surface area contributed by atoms with E-state index in [0.717, 1.165) is 25.7 Å². The minimum atomic E-state index is -0.427. The van der Waals surface area contributed by atoms with E-state index in [1.165, 1.54) is 23.0 Å². The molecule has 0 spiro atoms. The van der Waals surface area contributed by atoms with Crippen LogP contribution in [0.5, 0.6) is 0 Å². The van der Waals surface area contributed by atoms with Crippen molar-refractivity contribution in [1.82, 2.24) is 14.9 Å². The van der Waals surface area contributed by atoms with Crippen LogP contribution in [0.2, 0.25) is 0 Å². The van der Waals surface area contributed by atoms with Gasteiger partial charge < -0.3 is 10.3 Å². The fourth-order valence-electron chi connectivity index (χ4n) is 3.40. The molecule has 3 rings (SSSR count). The van der Waals surface area contributed by atoms with Crippen molar-refractivity contribution in [3.8, 4) is 0 Å². The molecule has 1 aliphatic carbocycles. The Morgan fingerprint density at radius 2 is 2.11 bits per heavy atom. The Labute approximate surface area is 158 Å². The first-order valence-corrected chi connectivity index (χ1v) is 9.75. The van der Waals surface area contributed by atoms with Crippen LogP contribution in [0.15, 0.2) is 39.4 Å². The number of hydrogen-bond acceptors (Lipinski definition) is 3. The number of allylic oxidation sites excluding steroid dienone is 2. The minimum Gasteiger partial charge on any atom is -0.350 e. The summed E-state index contributed by atoms with van der Waals surface area (Å²) in [6.07, 6.45) is 8.31. The maximum absolute atomic E-state index is 12.8. The second kappa shape index (κ2) is 8.37. The van der Waals surface area contributed by atoms with Gasteiger partial charge in [0.1, 0.15) is 0 Å². The molecule has 2 N–H and O–H groups in total. The Hall–Kier alpha value is -2.63. The van der Waals surface area contributed by atoms with E-state index in [9.17, 15) is 14.4 Å². The first-order chi connectivity index (χ1) is 13.0. The Morgan fingerprint density at radius 1 is 1.30 bits per heavy atom. The number of rotatable bonds is 6. The van der Waals surface area contributed by atoms with Gasteiger partial charge in [0.25, 0.3) is 11.5 Å². The van der Waals surface area contributed by atoms with Gasteiger partial charge in [0, 0.05) is 18.2 Å². The number of hydrogen-bond donors (Lipinski definition) is 2. The van der Waals surface area contributed by atoms with Gasteiger partial charge >= 0.3 is 5.69 Å². The predicted molar refractivity (Wildman–Crippen MR) is 107 cm³/mol. The van der Waals surface area contributed by atoms with E-state index in [1.54, 1.807) is 18.2 Å². The maximum Gasteiger partial charge on any atom is 0.328 e. The molecule has 1 aliphatic rings. The molecule has 6 heteroatoms. The number of amides is 1. The van der Waals surface area contributed by atoms with Crippen molar-refractivity contribution in [2.75, 3.05) is 0 Å². The minimum absolute atomic E-state index is 0.0642. The molecular weight excluding hydrogens is 342 g/mol. The van der Waals surface area contributed by atoms with Gasteiger partial charge in [-0.15, -0.1) is 0 Å². The van der Waals surface area contributed by atoms with Crippen LogP contribution in [0.4, 0.5) is 0 Å². The molecule has 0 saturated carbocycles. The van der Waals surface area contributed by atoms with Gasteiger partial charge in [0.15, 0.2) is 0 Å². The number of nitrogens with one attached hydrogen (secondary N) is 2. The Kier molecular flexibility index (Phi) is 5.94. The number of aromatic nitrogens is 2. The molecule has 0 bridgehead atoms. The number of benzene rings is 1. The van der Waals surface area contributed by atoms with E-state index >= 15 is 0 Å².